The van der Waals surface area contributed by atoms with Crippen LogP contribution in [0, 0.1) is 10.1 Å². The minimum absolute atomic E-state index is 0.00935. The van der Waals surface area contributed by atoms with Crippen LogP contribution in [0.15, 0.2) is 60.2 Å². The molecule has 3 rings (SSSR count). The summed E-state index contributed by atoms with van der Waals surface area (Å²) in [6.45, 7) is 1.03. The largest absolute Gasteiger partial charge is 0.507 e. The molecule has 1 amide bonds. The van der Waals surface area contributed by atoms with Gasteiger partial charge in [-0.15, -0.1) is 0 Å². The van der Waals surface area contributed by atoms with Crippen LogP contribution in [-0.2, 0) is 9.59 Å². The van der Waals surface area contributed by atoms with Gasteiger partial charge < -0.3 is 14.9 Å². The number of benzene rings is 2. The van der Waals surface area contributed by atoms with Gasteiger partial charge in [0.05, 0.1) is 16.5 Å². The summed E-state index contributed by atoms with van der Waals surface area (Å²) in [6.07, 6.45) is 0.634. The number of aliphatic hydroxyl groups is 1. The Hall–Kier alpha value is -3.52. The van der Waals surface area contributed by atoms with Gasteiger partial charge in [0, 0.05) is 24.2 Å². The number of rotatable bonds is 7. The molecule has 8 heteroatoms. The number of likely N-dealkylation sites (tertiary alicyclic amines) is 1. The van der Waals surface area contributed by atoms with Crippen molar-refractivity contribution in [3.63, 3.8) is 0 Å². The highest BCUT2D eigenvalue weighted by Crippen LogP contribution is 2.39. The zero-order valence-electron chi connectivity index (χ0n) is 16.8. The lowest BCUT2D eigenvalue weighted by atomic mass is 9.95. The summed E-state index contributed by atoms with van der Waals surface area (Å²) in [7, 11) is 3.83. The number of carbonyl (C=O) groups is 2. The molecule has 0 aliphatic carbocycles. The van der Waals surface area contributed by atoms with Crippen LogP contribution >= 0.6 is 0 Å². The maximum atomic E-state index is 12.9. The third-order valence-electron chi connectivity index (χ3n) is 5.01. The molecule has 2 aromatic rings. The number of nitro benzene ring substituents is 1. The molecule has 8 nitrogen and oxygen atoms in total. The Morgan fingerprint density at radius 2 is 1.73 bits per heavy atom. The van der Waals surface area contributed by atoms with E-state index in [2.05, 4.69) is 0 Å². The van der Waals surface area contributed by atoms with E-state index in [4.69, 9.17) is 0 Å². The smallest absolute Gasteiger partial charge is 0.295 e. The Balaban J connectivity index is 2.08. The van der Waals surface area contributed by atoms with Gasteiger partial charge in [0.25, 0.3) is 17.4 Å². The van der Waals surface area contributed by atoms with E-state index in [1.54, 1.807) is 30.3 Å². The molecule has 1 aliphatic rings. The first-order valence-electron chi connectivity index (χ1n) is 9.54. The highest BCUT2D eigenvalue weighted by molar-refractivity contribution is 6.46. The van der Waals surface area contributed by atoms with E-state index < -0.39 is 22.7 Å². The normalized spacial score (nSPS) is 18.2. The highest BCUT2D eigenvalue weighted by atomic mass is 16.6. The third kappa shape index (κ3) is 4.23. The first-order chi connectivity index (χ1) is 14.3. The van der Waals surface area contributed by atoms with Gasteiger partial charge in [-0.1, -0.05) is 30.3 Å². The Labute approximate surface area is 174 Å². The maximum Gasteiger partial charge on any atom is 0.295 e. The predicted octanol–water partition coefficient (Wildman–Crippen LogP) is 2.97. The maximum absolute atomic E-state index is 12.9. The summed E-state index contributed by atoms with van der Waals surface area (Å²) in [5.41, 5.74) is 0.856. The Bertz CT molecular complexity index is 984. The molecule has 1 atom stereocenters. The number of nitro groups is 1. The SMILES string of the molecule is CN(C)CCCN1C(=O)C(=O)C(=C(O)c2ccccc2)[C@H]1c1ccc([N+](=O)[O-])cc1. The monoisotopic (exact) mass is 409 g/mol. The second-order valence-corrected chi connectivity index (χ2v) is 7.36. The summed E-state index contributed by atoms with van der Waals surface area (Å²) in [4.78, 5) is 39.5. The number of hydrogen-bond acceptors (Lipinski definition) is 6. The second kappa shape index (κ2) is 8.87. The van der Waals surface area contributed by atoms with E-state index in [-0.39, 0.29) is 17.0 Å². The van der Waals surface area contributed by atoms with Gasteiger partial charge in [-0.3, -0.25) is 19.7 Å². The number of nitrogens with zero attached hydrogens (tertiary/aromatic N) is 3. The molecule has 1 heterocycles. The topological polar surface area (TPSA) is 104 Å². The van der Waals surface area contributed by atoms with Gasteiger partial charge in [-0.2, -0.15) is 0 Å². The first-order valence-corrected chi connectivity index (χ1v) is 9.54. The number of aliphatic hydroxyl groups excluding tert-OH is 1. The van der Waals surface area contributed by atoms with Crippen LogP contribution in [-0.4, -0.2) is 58.7 Å². The summed E-state index contributed by atoms with van der Waals surface area (Å²) in [5.74, 6) is -1.70. The van der Waals surface area contributed by atoms with Crippen LogP contribution in [0.2, 0.25) is 0 Å². The van der Waals surface area contributed by atoms with Gasteiger partial charge in [0.2, 0.25) is 0 Å². The van der Waals surface area contributed by atoms with Crippen LogP contribution in [0.25, 0.3) is 5.76 Å². The average molecular weight is 409 g/mol. The first kappa shape index (κ1) is 21.2. The van der Waals surface area contributed by atoms with Crippen LogP contribution in [0.4, 0.5) is 5.69 Å². The number of amides is 1. The molecule has 0 aromatic heterocycles. The van der Waals surface area contributed by atoms with Crippen LogP contribution < -0.4 is 0 Å². The molecule has 1 saturated heterocycles. The number of carbonyl (C=O) groups excluding carboxylic acids is 2. The van der Waals surface area contributed by atoms with E-state index in [0.717, 1.165) is 0 Å². The molecule has 0 radical (unpaired) electrons. The van der Waals surface area contributed by atoms with E-state index in [0.29, 0.717) is 30.6 Å². The van der Waals surface area contributed by atoms with Crippen molar-refractivity contribution < 1.29 is 19.6 Å². The molecular formula is C22H23N3O5. The van der Waals surface area contributed by atoms with Crippen molar-refractivity contribution >= 4 is 23.1 Å². The standard InChI is InChI=1S/C22H23N3O5/c1-23(2)13-6-14-24-19(15-9-11-17(12-10-15)25(29)30)18(21(27)22(24)28)20(26)16-7-4-3-5-8-16/h3-5,7-12,19,26H,6,13-14H2,1-2H3/t19-/m1/s1. The van der Waals surface area contributed by atoms with Crippen LogP contribution in [0.5, 0.6) is 0 Å². The minimum atomic E-state index is -0.812. The van der Waals surface area contributed by atoms with Crippen molar-refractivity contribution in [3.8, 4) is 0 Å². The molecule has 156 valence electrons. The molecule has 0 spiro atoms. The Morgan fingerprint density at radius 3 is 2.30 bits per heavy atom. The molecule has 30 heavy (non-hydrogen) atoms. The highest BCUT2D eigenvalue weighted by Gasteiger charge is 2.45. The zero-order valence-corrected chi connectivity index (χ0v) is 16.8. The lowest BCUT2D eigenvalue weighted by Gasteiger charge is -2.25. The molecule has 1 aliphatic heterocycles. The fraction of sp³-hybridized carbons (Fsp3) is 0.273. The molecular weight excluding hydrogens is 386 g/mol. The summed E-state index contributed by atoms with van der Waals surface area (Å²) in [6, 6.07) is 13.4. The Kier molecular flexibility index (Phi) is 6.27. The van der Waals surface area contributed by atoms with Crippen molar-refractivity contribution in [2.75, 3.05) is 27.2 Å². The Morgan fingerprint density at radius 1 is 1.10 bits per heavy atom. The van der Waals surface area contributed by atoms with E-state index in [9.17, 15) is 24.8 Å². The summed E-state index contributed by atoms with van der Waals surface area (Å²) >= 11 is 0. The molecule has 0 saturated carbocycles. The van der Waals surface area contributed by atoms with Gasteiger partial charge in [0.1, 0.15) is 5.76 Å². The minimum Gasteiger partial charge on any atom is -0.507 e. The van der Waals surface area contributed by atoms with Gasteiger partial charge in [0.15, 0.2) is 0 Å². The third-order valence-corrected chi connectivity index (χ3v) is 5.01. The zero-order chi connectivity index (χ0) is 21.8. The van der Waals surface area contributed by atoms with Gasteiger partial charge in [-0.05, 0) is 44.8 Å². The number of non-ortho nitro benzene ring substituents is 1. The summed E-state index contributed by atoms with van der Waals surface area (Å²) in [5, 5.41) is 21.9. The lowest BCUT2D eigenvalue weighted by Crippen LogP contribution is -2.32. The van der Waals surface area contributed by atoms with Crippen molar-refractivity contribution in [3.05, 3.63) is 81.4 Å². The van der Waals surface area contributed by atoms with Crippen molar-refractivity contribution in [2.45, 2.75) is 12.5 Å². The number of Topliss-reactive ketones (excluding diaryl/α,β-unsaturated/α-hetero) is 1. The van der Waals surface area contributed by atoms with Gasteiger partial charge >= 0.3 is 0 Å². The van der Waals surface area contributed by atoms with Crippen LogP contribution in [0.1, 0.15) is 23.6 Å². The second-order valence-electron chi connectivity index (χ2n) is 7.36. The van der Waals surface area contributed by atoms with E-state index in [1.165, 1.54) is 29.2 Å². The summed E-state index contributed by atoms with van der Waals surface area (Å²) < 4.78 is 0. The molecule has 2 aromatic carbocycles. The van der Waals surface area contributed by atoms with Crippen molar-refractivity contribution in [1.29, 1.82) is 0 Å². The molecule has 0 bridgehead atoms. The number of hydrogen-bond donors (Lipinski definition) is 1. The fourth-order valence-electron chi connectivity index (χ4n) is 3.54. The van der Waals surface area contributed by atoms with E-state index in [1.807, 2.05) is 19.0 Å². The fourth-order valence-corrected chi connectivity index (χ4v) is 3.54. The van der Waals surface area contributed by atoms with Gasteiger partial charge in [-0.25, -0.2) is 0 Å². The van der Waals surface area contributed by atoms with Crippen molar-refractivity contribution in [1.82, 2.24) is 9.80 Å². The number of ketones is 1. The lowest BCUT2D eigenvalue weighted by molar-refractivity contribution is -0.384. The van der Waals surface area contributed by atoms with Crippen molar-refractivity contribution in [2.24, 2.45) is 0 Å². The van der Waals surface area contributed by atoms with Crippen LogP contribution in [0.3, 0.4) is 0 Å². The average Bonchev–Trinajstić information content (AvgIpc) is 2.98. The molecule has 1 fully saturated rings. The predicted molar refractivity (Wildman–Crippen MR) is 112 cm³/mol. The van der Waals surface area contributed by atoms with E-state index >= 15 is 0 Å². The molecule has 0 unspecified atom stereocenters. The molecule has 1 N–H and O–H groups in total. The quantitative estimate of drug-likeness (QED) is 0.248.